The zero-order valence-corrected chi connectivity index (χ0v) is 14.0. The Labute approximate surface area is 130 Å². The molecule has 5 heteroatoms. The van der Waals surface area contributed by atoms with Crippen LogP contribution < -0.4 is 10.6 Å². The normalized spacial score (nSPS) is 19.1. The molecule has 0 aromatic carbocycles. The van der Waals surface area contributed by atoms with Gasteiger partial charge in [0.2, 0.25) is 5.91 Å². The molecule has 1 aromatic heterocycles. The third-order valence-electron chi connectivity index (χ3n) is 4.63. The predicted molar refractivity (Wildman–Crippen MR) is 86.5 cm³/mol. The van der Waals surface area contributed by atoms with Gasteiger partial charge in [0.15, 0.2) is 0 Å². The Hall–Kier alpha value is -1.38. The Morgan fingerprint density at radius 1 is 1.48 bits per heavy atom. The largest absolute Gasteiger partial charge is 0.316 e. The molecular formula is C16H23N3OS. The summed E-state index contributed by atoms with van der Waals surface area (Å²) in [6.45, 7) is 9.83. The fourth-order valence-corrected chi connectivity index (χ4v) is 3.77. The van der Waals surface area contributed by atoms with Gasteiger partial charge in [-0.25, -0.2) is 0 Å². The minimum atomic E-state index is -0.439. The summed E-state index contributed by atoms with van der Waals surface area (Å²) in [5.41, 5.74) is 1.13. The van der Waals surface area contributed by atoms with Crippen LogP contribution in [0.3, 0.4) is 0 Å². The van der Waals surface area contributed by atoms with Crippen molar-refractivity contribution in [2.45, 2.75) is 40.5 Å². The smallest absolute Gasteiger partial charge is 0.230 e. The van der Waals surface area contributed by atoms with E-state index >= 15 is 0 Å². The quantitative estimate of drug-likeness (QED) is 0.901. The highest BCUT2D eigenvalue weighted by molar-refractivity contribution is 7.16. The molecule has 1 aliphatic heterocycles. The first-order valence-electron chi connectivity index (χ1n) is 7.40. The second-order valence-electron chi connectivity index (χ2n) is 6.32. The third-order valence-corrected chi connectivity index (χ3v) is 5.75. The fraction of sp³-hybridized carbons (Fsp3) is 0.625. The lowest BCUT2D eigenvalue weighted by atomic mass is 9.74. The van der Waals surface area contributed by atoms with Crippen LogP contribution in [0.4, 0.5) is 5.00 Å². The van der Waals surface area contributed by atoms with Crippen molar-refractivity contribution in [1.29, 1.82) is 5.26 Å². The molecule has 114 valence electrons. The summed E-state index contributed by atoms with van der Waals surface area (Å²) in [5.74, 6) is 0.341. The van der Waals surface area contributed by atoms with Gasteiger partial charge in [0.1, 0.15) is 11.1 Å². The van der Waals surface area contributed by atoms with Gasteiger partial charge in [0.05, 0.1) is 5.56 Å². The molecule has 21 heavy (non-hydrogen) atoms. The van der Waals surface area contributed by atoms with E-state index in [1.54, 1.807) is 0 Å². The van der Waals surface area contributed by atoms with Crippen LogP contribution in [0.2, 0.25) is 0 Å². The molecule has 2 rings (SSSR count). The van der Waals surface area contributed by atoms with Gasteiger partial charge in [-0.2, -0.15) is 5.26 Å². The topological polar surface area (TPSA) is 64.9 Å². The van der Waals surface area contributed by atoms with E-state index in [9.17, 15) is 10.1 Å². The van der Waals surface area contributed by atoms with Crippen LogP contribution in [-0.4, -0.2) is 19.0 Å². The third kappa shape index (κ3) is 3.12. The molecule has 1 aromatic rings. The van der Waals surface area contributed by atoms with Crippen molar-refractivity contribution < 1.29 is 4.79 Å². The molecular weight excluding hydrogens is 282 g/mol. The zero-order chi connectivity index (χ0) is 15.6. The Balaban J connectivity index is 2.17. The molecule has 2 heterocycles. The maximum absolute atomic E-state index is 12.7. The van der Waals surface area contributed by atoms with E-state index < -0.39 is 5.41 Å². The summed E-state index contributed by atoms with van der Waals surface area (Å²) in [4.78, 5) is 13.8. The lowest BCUT2D eigenvalue weighted by molar-refractivity contribution is -0.127. The number of nitrogens with one attached hydrogen (secondary N) is 2. The summed E-state index contributed by atoms with van der Waals surface area (Å²) in [5, 5.41) is 16.3. The fourth-order valence-electron chi connectivity index (χ4n) is 2.77. The van der Waals surface area contributed by atoms with Crippen LogP contribution in [0.25, 0.3) is 0 Å². The number of nitriles is 1. The second-order valence-corrected chi connectivity index (χ2v) is 7.54. The molecule has 0 bridgehead atoms. The number of amides is 1. The molecule has 4 nitrogen and oxygen atoms in total. The van der Waals surface area contributed by atoms with E-state index in [0.717, 1.165) is 36.4 Å². The molecule has 0 saturated carbocycles. The van der Waals surface area contributed by atoms with Crippen molar-refractivity contribution in [2.75, 3.05) is 18.4 Å². The molecule has 0 aliphatic carbocycles. The zero-order valence-electron chi connectivity index (χ0n) is 13.2. The average Bonchev–Trinajstić information content (AvgIpc) is 2.74. The van der Waals surface area contributed by atoms with Gasteiger partial charge in [0.25, 0.3) is 0 Å². The van der Waals surface area contributed by atoms with Crippen LogP contribution >= 0.6 is 11.3 Å². The van der Waals surface area contributed by atoms with Gasteiger partial charge < -0.3 is 10.6 Å². The highest BCUT2D eigenvalue weighted by Gasteiger charge is 2.37. The summed E-state index contributed by atoms with van der Waals surface area (Å²) >= 11 is 1.49. The van der Waals surface area contributed by atoms with E-state index in [0.29, 0.717) is 16.5 Å². The van der Waals surface area contributed by atoms with Crippen molar-refractivity contribution in [2.24, 2.45) is 11.3 Å². The molecule has 1 fully saturated rings. The number of carbonyl (C=O) groups is 1. The van der Waals surface area contributed by atoms with E-state index in [1.807, 2.05) is 27.7 Å². The Bertz CT molecular complexity index is 577. The minimum Gasteiger partial charge on any atom is -0.316 e. The first kappa shape index (κ1) is 16.0. The van der Waals surface area contributed by atoms with Gasteiger partial charge >= 0.3 is 0 Å². The average molecular weight is 305 g/mol. The SMILES string of the molecule is Cc1sc(NC(=O)C(C)(C)C2CCCNC2)c(C#N)c1C. The first-order valence-corrected chi connectivity index (χ1v) is 8.21. The predicted octanol–water partition coefficient (Wildman–Crippen LogP) is 3.20. The highest BCUT2D eigenvalue weighted by Crippen LogP contribution is 2.36. The van der Waals surface area contributed by atoms with Crippen molar-refractivity contribution in [1.82, 2.24) is 5.32 Å². The van der Waals surface area contributed by atoms with Crippen molar-refractivity contribution in [3.8, 4) is 6.07 Å². The Kier molecular flexibility index (Phi) is 4.70. The lowest BCUT2D eigenvalue weighted by Gasteiger charge is -2.35. The van der Waals surface area contributed by atoms with Crippen LogP contribution in [-0.2, 0) is 4.79 Å². The minimum absolute atomic E-state index is 0.00829. The number of piperidine rings is 1. The van der Waals surface area contributed by atoms with Gasteiger partial charge in [-0.3, -0.25) is 4.79 Å². The molecule has 1 amide bonds. The highest BCUT2D eigenvalue weighted by atomic mass is 32.1. The molecule has 0 radical (unpaired) electrons. The summed E-state index contributed by atoms with van der Waals surface area (Å²) in [6.07, 6.45) is 2.18. The van der Waals surface area contributed by atoms with Crippen LogP contribution in [0.5, 0.6) is 0 Å². The Morgan fingerprint density at radius 2 is 2.19 bits per heavy atom. The van der Waals surface area contributed by atoms with Crippen LogP contribution in [0.1, 0.15) is 42.7 Å². The van der Waals surface area contributed by atoms with E-state index in [4.69, 9.17) is 0 Å². The van der Waals surface area contributed by atoms with Crippen LogP contribution in [0, 0.1) is 36.5 Å². The van der Waals surface area contributed by atoms with Gasteiger partial charge in [-0.15, -0.1) is 11.3 Å². The number of hydrogen-bond acceptors (Lipinski definition) is 4. The second kappa shape index (κ2) is 6.17. The number of nitrogens with zero attached hydrogens (tertiary/aromatic N) is 1. The molecule has 2 N–H and O–H groups in total. The maximum atomic E-state index is 12.7. The van der Waals surface area contributed by atoms with E-state index in [-0.39, 0.29) is 5.91 Å². The standard InChI is InChI=1S/C16H23N3OS/c1-10-11(2)21-14(13(10)8-17)19-15(20)16(3,4)12-6-5-7-18-9-12/h12,18H,5-7,9H2,1-4H3,(H,19,20). The molecule has 0 spiro atoms. The molecule has 1 atom stereocenters. The number of anilines is 1. The molecule has 1 saturated heterocycles. The number of thiophene rings is 1. The summed E-state index contributed by atoms with van der Waals surface area (Å²) in [6, 6.07) is 2.20. The number of hydrogen-bond donors (Lipinski definition) is 2. The number of carbonyl (C=O) groups excluding carboxylic acids is 1. The number of rotatable bonds is 3. The number of aryl methyl sites for hydroxylation is 1. The summed E-state index contributed by atoms with van der Waals surface area (Å²) in [7, 11) is 0. The molecule has 1 unspecified atom stereocenters. The summed E-state index contributed by atoms with van der Waals surface area (Å²) < 4.78 is 0. The van der Waals surface area contributed by atoms with E-state index in [2.05, 4.69) is 16.7 Å². The van der Waals surface area contributed by atoms with Gasteiger partial charge in [0, 0.05) is 10.3 Å². The monoisotopic (exact) mass is 305 g/mol. The van der Waals surface area contributed by atoms with Crippen molar-refractivity contribution in [3.63, 3.8) is 0 Å². The van der Waals surface area contributed by atoms with Gasteiger partial charge in [-0.1, -0.05) is 13.8 Å². The molecule has 1 aliphatic rings. The lowest BCUT2D eigenvalue weighted by Crippen LogP contribution is -2.44. The first-order chi connectivity index (χ1) is 9.87. The van der Waals surface area contributed by atoms with Crippen LogP contribution in [0.15, 0.2) is 0 Å². The van der Waals surface area contributed by atoms with E-state index in [1.165, 1.54) is 11.3 Å². The maximum Gasteiger partial charge on any atom is 0.230 e. The van der Waals surface area contributed by atoms with Crippen molar-refractivity contribution >= 4 is 22.2 Å². The Morgan fingerprint density at radius 3 is 2.76 bits per heavy atom. The van der Waals surface area contributed by atoms with Gasteiger partial charge in [-0.05, 0) is 51.3 Å². The van der Waals surface area contributed by atoms with Crippen molar-refractivity contribution in [3.05, 3.63) is 16.0 Å².